The molecule has 0 unspecified atom stereocenters. The zero-order valence-corrected chi connectivity index (χ0v) is 18.9. The van der Waals surface area contributed by atoms with Crippen LogP contribution in [0.2, 0.25) is 0 Å². The van der Waals surface area contributed by atoms with Crippen LogP contribution >= 0.6 is 0 Å². The molecule has 1 fully saturated rings. The highest BCUT2D eigenvalue weighted by molar-refractivity contribution is 5.87. The molecule has 1 aliphatic heterocycles. The van der Waals surface area contributed by atoms with E-state index in [0.717, 1.165) is 48.4 Å². The fourth-order valence-electron chi connectivity index (χ4n) is 3.84. The summed E-state index contributed by atoms with van der Waals surface area (Å²) in [5.74, 6) is 0.499. The first-order chi connectivity index (χ1) is 14.7. The van der Waals surface area contributed by atoms with Crippen LogP contribution in [-0.4, -0.2) is 29.7 Å². The van der Waals surface area contributed by atoms with Crippen LogP contribution in [0, 0.1) is 18.3 Å². The summed E-state index contributed by atoms with van der Waals surface area (Å²) in [6, 6.07) is 16.1. The summed E-state index contributed by atoms with van der Waals surface area (Å²) in [6.45, 7) is 13.7. The number of anilines is 1. The van der Waals surface area contributed by atoms with Crippen molar-refractivity contribution in [2.24, 2.45) is 0 Å². The lowest BCUT2D eigenvalue weighted by Crippen LogP contribution is -2.31. The van der Waals surface area contributed by atoms with Crippen molar-refractivity contribution >= 4 is 17.5 Å². The molecule has 1 aliphatic rings. The number of carbonyl (C=O) groups is 1. The molecule has 0 aliphatic carbocycles. The highest BCUT2D eigenvalue weighted by Gasteiger charge is 2.23. The number of amides is 1. The predicted octanol–water partition coefficient (Wildman–Crippen LogP) is 6.06. The van der Waals surface area contributed by atoms with Crippen molar-refractivity contribution in [3.8, 4) is 6.07 Å². The Morgan fingerprint density at radius 1 is 1.16 bits per heavy atom. The Labute approximate surface area is 185 Å². The third-order valence-electron chi connectivity index (χ3n) is 5.59. The molecule has 0 aromatic heterocycles. The zero-order valence-electron chi connectivity index (χ0n) is 18.9. The number of hydrogen-bond donors (Lipinski definition) is 1. The maximum absolute atomic E-state index is 12.2. The van der Waals surface area contributed by atoms with E-state index in [-0.39, 0.29) is 0 Å². The van der Waals surface area contributed by atoms with Gasteiger partial charge in [0.1, 0.15) is 5.60 Å². The van der Waals surface area contributed by atoms with Crippen LogP contribution in [0.5, 0.6) is 0 Å². The molecule has 3 rings (SSSR count). The van der Waals surface area contributed by atoms with E-state index in [1.807, 2.05) is 58.0 Å². The minimum Gasteiger partial charge on any atom is -0.444 e. The maximum Gasteiger partial charge on any atom is 0.412 e. The molecular formula is C26H31N3O2. The Bertz CT molecular complexity index is 989. The molecule has 1 amide bonds. The van der Waals surface area contributed by atoms with Gasteiger partial charge in [-0.05, 0) is 81.3 Å². The van der Waals surface area contributed by atoms with Gasteiger partial charge in [-0.15, -0.1) is 0 Å². The highest BCUT2D eigenvalue weighted by Crippen LogP contribution is 2.32. The summed E-state index contributed by atoms with van der Waals surface area (Å²) >= 11 is 0. The molecular weight excluding hydrogens is 386 g/mol. The summed E-state index contributed by atoms with van der Waals surface area (Å²) < 4.78 is 5.38. The SMILES string of the molecule is C=C(c1ccc(C)c(NC(=O)OC(C)(C)C)c1)N1CCC(c2ccc(C#N)cc2)CC1. The number of hydrogen-bond acceptors (Lipinski definition) is 4. The molecule has 162 valence electrons. The van der Waals surface area contributed by atoms with E-state index >= 15 is 0 Å². The molecule has 5 heteroatoms. The summed E-state index contributed by atoms with van der Waals surface area (Å²) in [5.41, 5.74) is 5.12. The number of aryl methyl sites for hydroxylation is 1. The molecule has 0 radical (unpaired) electrons. The van der Waals surface area contributed by atoms with Crippen molar-refractivity contribution in [1.82, 2.24) is 4.90 Å². The largest absolute Gasteiger partial charge is 0.444 e. The number of rotatable bonds is 4. The molecule has 1 heterocycles. The molecule has 0 saturated carbocycles. The Kier molecular flexibility index (Phi) is 6.70. The Morgan fingerprint density at radius 2 is 1.81 bits per heavy atom. The van der Waals surface area contributed by atoms with Crippen LogP contribution in [-0.2, 0) is 4.74 Å². The number of likely N-dealkylation sites (tertiary alicyclic amines) is 1. The van der Waals surface area contributed by atoms with Gasteiger partial charge < -0.3 is 9.64 Å². The minimum absolute atomic E-state index is 0.457. The molecule has 31 heavy (non-hydrogen) atoms. The summed E-state index contributed by atoms with van der Waals surface area (Å²) in [4.78, 5) is 14.5. The third-order valence-corrected chi connectivity index (χ3v) is 5.59. The van der Waals surface area contributed by atoms with Crippen LogP contribution in [0.1, 0.15) is 61.8 Å². The molecule has 0 atom stereocenters. The number of nitrogens with one attached hydrogen (secondary N) is 1. The van der Waals surface area contributed by atoms with E-state index in [9.17, 15) is 4.79 Å². The first-order valence-corrected chi connectivity index (χ1v) is 10.7. The summed E-state index contributed by atoms with van der Waals surface area (Å²) in [5, 5.41) is 11.8. The van der Waals surface area contributed by atoms with Crippen LogP contribution in [0.3, 0.4) is 0 Å². The Balaban J connectivity index is 1.64. The van der Waals surface area contributed by atoms with Crippen molar-refractivity contribution in [2.45, 2.75) is 52.1 Å². The number of piperidine rings is 1. The number of nitrogens with zero attached hydrogens (tertiary/aromatic N) is 2. The third kappa shape index (κ3) is 5.88. The predicted molar refractivity (Wildman–Crippen MR) is 125 cm³/mol. The average Bonchev–Trinajstić information content (AvgIpc) is 2.73. The fourth-order valence-corrected chi connectivity index (χ4v) is 3.84. The molecule has 1 saturated heterocycles. The number of nitriles is 1. The maximum atomic E-state index is 12.2. The molecule has 2 aromatic carbocycles. The van der Waals surface area contributed by atoms with Gasteiger partial charge in [0.15, 0.2) is 0 Å². The molecule has 1 N–H and O–H groups in total. The van der Waals surface area contributed by atoms with E-state index in [0.29, 0.717) is 11.5 Å². The quantitative estimate of drug-likeness (QED) is 0.656. The van der Waals surface area contributed by atoms with E-state index in [2.05, 4.69) is 35.0 Å². The van der Waals surface area contributed by atoms with Gasteiger partial charge in [0.25, 0.3) is 0 Å². The second kappa shape index (κ2) is 9.26. The van der Waals surface area contributed by atoms with Crippen LogP contribution < -0.4 is 5.32 Å². The monoisotopic (exact) mass is 417 g/mol. The topological polar surface area (TPSA) is 65.4 Å². The van der Waals surface area contributed by atoms with Crippen LogP contribution in [0.25, 0.3) is 5.70 Å². The van der Waals surface area contributed by atoms with Gasteiger partial charge in [-0.25, -0.2) is 4.79 Å². The zero-order chi connectivity index (χ0) is 22.6. The molecule has 2 aromatic rings. The van der Waals surface area contributed by atoms with E-state index in [1.54, 1.807) is 0 Å². The lowest BCUT2D eigenvalue weighted by atomic mass is 9.88. The van der Waals surface area contributed by atoms with Crippen molar-refractivity contribution in [1.29, 1.82) is 5.26 Å². The molecule has 5 nitrogen and oxygen atoms in total. The molecule has 0 spiro atoms. The normalized spacial score (nSPS) is 14.6. The lowest BCUT2D eigenvalue weighted by Gasteiger charge is -2.35. The number of carbonyl (C=O) groups excluding carboxylic acids is 1. The smallest absolute Gasteiger partial charge is 0.412 e. The van der Waals surface area contributed by atoms with Gasteiger partial charge >= 0.3 is 6.09 Å². The fraction of sp³-hybridized carbons (Fsp3) is 0.385. The lowest BCUT2D eigenvalue weighted by molar-refractivity contribution is 0.0636. The highest BCUT2D eigenvalue weighted by atomic mass is 16.6. The second-order valence-electron chi connectivity index (χ2n) is 9.10. The van der Waals surface area contributed by atoms with Gasteiger partial charge in [-0.1, -0.05) is 30.8 Å². The van der Waals surface area contributed by atoms with E-state index in [1.165, 1.54) is 5.56 Å². The van der Waals surface area contributed by atoms with Crippen molar-refractivity contribution in [2.75, 3.05) is 18.4 Å². The van der Waals surface area contributed by atoms with Crippen molar-refractivity contribution in [3.63, 3.8) is 0 Å². The Morgan fingerprint density at radius 3 is 2.39 bits per heavy atom. The minimum atomic E-state index is -0.543. The van der Waals surface area contributed by atoms with Crippen LogP contribution in [0.4, 0.5) is 10.5 Å². The first kappa shape index (κ1) is 22.4. The van der Waals surface area contributed by atoms with Gasteiger partial charge in [-0.2, -0.15) is 5.26 Å². The van der Waals surface area contributed by atoms with Crippen molar-refractivity contribution in [3.05, 3.63) is 71.3 Å². The van der Waals surface area contributed by atoms with E-state index in [4.69, 9.17) is 10.00 Å². The average molecular weight is 418 g/mol. The van der Waals surface area contributed by atoms with Crippen molar-refractivity contribution < 1.29 is 9.53 Å². The summed E-state index contributed by atoms with van der Waals surface area (Å²) in [6.07, 6.45) is 1.63. The van der Waals surface area contributed by atoms with Crippen LogP contribution in [0.15, 0.2) is 49.0 Å². The number of ether oxygens (including phenoxy) is 1. The van der Waals surface area contributed by atoms with Gasteiger partial charge in [0.2, 0.25) is 0 Å². The first-order valence-electron chi connectivity index (χ1n) is 10.7. The van der Waals surface area contributed by atoms with Gasteiger partial charge in [0, 0.05) is 24.5 Å². The standard InChI is InChI=1S/C26H31N3O2/c1-18-6-9-23(16-24(18)28-25(30)31-26(3,4)5)19(2)29-14-12-22(13-15-29)21-10-7-20(17-27)8-11-21/h6-11,16,22H,2,12-15H2,1,3-5H3,(H,28,30). The van der Waals surface area contributed by atoms with Gasteiger partial charge in [-0.3, -0.25) is 5.32 Å². The summed E-state index contributed by atoms with van der Waals surface area (Å²) in [7, 11) is 0. The Hall–Kier alpha value is -3.26. The molecule has 0 bridgehead atoms. The second-order valence-corrected chi connectivity index (χ2v) is 9.10. The van der Waals surface area contributed by atoms with Gasteiger partial charge in [0.05, 0.1) is 11.6 Å². The number of benzene rings is 2. The van der Waals surface area contributed by atoms with E-state index < -0.39 is 11.7 Å².